The van der Waals surface area contributed by atoms with E-state index in [9.17, 15) is 5.11 Å². The molecule has 2 aromatic rings. The van der Waals surface area contributed by atoms with Crippen LogP contribution in [-0.4, -0.2) is 11.2 Å². The molecular weight excluding hydrogens is 288 g/mol. The van der Waals surface area contributed by atoms with Crippen LogP contribution < -0.4 is 11.5 Å². The van der Waals surface area contributed by atoms with Crippen LogP contribution in [0.2, 0.25) is 0 Å². The van der Waals surface area contributed by atoms with Crippen molar-refractivity contribution in [3.63, 3.8) is 0 Å². The minimum Gasteiger partial charge on any atom is -0.508 e. The lowest BCUT2D eigenvalue weighted by atomic mass is 9.83. The molecule has 2 aromatic carbocycles. The predicted molar refractivity (Wildman–Crippen MR) is 93.2 cm³/mol. The van der Waals surface area contributed by atoms with Crippen molar-refractivity contribution < 1.29 is 9.84 Å². The molecule has 0 aliphatic heterocycles. The van der Waals surface area contributed by atoms with Crippen molar-refractivity contribution in [2.45, 2.75) is 44.3 Å². The molecule has 0 saturated heterocycles. The number of aromatic hydroxyl groups is 1. The largest absolute Gasteiger partial charge is 0.508 e. The number of nitrogen functional groups attached to an aromatic ring is 2. The second-order valence-corrected chi connectivity index (χ2v) is 6.38. The first-order valence-electron chi connectivity index (χ1n) is 8.15. The maximum absolute atomic E-state index is 9.38. The predicted octanol–water partition coefficient (Wildman–Crippen LogP) is 3.80. The zero-order valence-corrected chi connectivity index (χ0v) is 13.2. The maximum atomic E-state index is 9.38. The molecule has 0 spiro atoms. The van der Waals surface area contributed by atoms with Gasteiger partial charge in [-0.2, -0.15) is 0 Å². The van der Waals surface area contributed by atoms with Gasteiger partial charge < -0.3 is 21.3 Å². The van der Waals surface area contributed by atoms with E-state index >= 15 is 0 Å². The van der Waals surface area contributed by atoms with Gasteiger partial charge in [0.2, 0.25) is 0 Å². The van der Waals surface area contributed by atoms with Crippen LogP contribution in [-0.2, 0) is 11.3 Å². The molecule has 4 heteroatoms. The van der Waals surface area contributed by atoms with Crippen molar-refractivity contribution >= 4 is 11.4 Å². The Hall–Kier alpha value is -2.20. The Kier molecular flexibility index (Phi) is 4.72. The Bertz CT molecular complexity index is 627. The highest BCUT2D eigenvalue weighted by Gasteiger charge is 2.22. The van der Waals surface area contributed by atoms with Crippen LogP contribution in [0.15, 0.2) is 42.5 Å². The molecule has 0 aromatic heterocycles. The van der Waals surface area contributed by atoms with Gasteiger partial charge in [-0.15, -0.1) is 0 Å². The van der Waals surface area contributed by atoms with Crippen LogP contribution >= 0.6 is 0 Å². The molecule has 1 aliphatic carbocycles. The lowest BCUT2D eigenvalue weighted by Gasteiger charge is -2.29. The minimum atomic E-state index is 0.297. The van der Waals surface area contributed by atoms with Crippen molar-refractivity contribution in [2.75, 3.05) is 11.5 Å². The number of phenols is 1. The Balaban J connectivity index is 1.50. The second kappa shape index (κ2) is 6.92. The maximum Gasteiger partial charge on any atom is 0.115 e. The average molecular weight is 312 g/mol. The third kappa shape index (κ3) is 4.17. The number of nitrogens with two attached hydrogens (primary N) is 2. The van der Waals surface area contributed by atoms with E-state index in [1.54, 1.807) is 18.2 Å². The molecule has 4 nitrogen and oxygen atoms in total. The molecule has 1 saturated carbocycles. The summed E-state index contributed by atoms with van der Waals surface area (Å²) in [4.78, 5) is 0. The number of benzene rings is 2. The van der Waals surface area contributed by atoms with Crippen molar-refractivity contribution in [2.24, 2.45) is 0 Å². The second-order valence-electron chi connectivity index (χ2n) is 6.38. The Morgan fingerprint density at radius 3 is 2.13 bits per heavy atom. The highest BCUT2D eigenvalue weighted by Crippen LogP contribution is 2.34. The smallest absolute Gasteiger partial charge is 0.115 e. The van der Waals surface area contributed by atoms with E-state index < -0.39 is 0 Å². The molecule has 3 rings (SSSR count). The number of rotatable bonds is 4. The Morgan fingerprint density at radius 1 is 0.913 bits per heavy atom. The lowest BCUT2D eigenvalue weighted by Crippen LogP contribution is -2.20. The molecule has 122 valence electrons. The van der Waals surface area contributed by atoms with Gasteiger partial charge in [0.05, 0.1) is 12.7 Å². The van der Waals surface area contributed by atoms with Gasteiger partial charge in [0.15, 0.2) is 0 Å². The monoisotopic (exact) mass is 312 g/mol. The van der Waals surface area contributed by atoms with Gasteiger partial charge in [0.1, 0.15) is 5.75 Å². The first-order valence-corrected chi connectivity index (χ1v) is 8.15. The van der Waals surface area contributed by atoms with E-state index in [0.29, 0.717) is 35.8 Å². The number of hydrogen-bond acceptors (Lipinski definition) is 4. The quantitative estimate of drug-likeness (QED) is 0.750. The van der Waals surface area contributed by atoms with Gasteiger partial charge >= 0.3 is 0 Å². The lowest BCUT2D eigenvalue weighted by molar-refractivity contribution is 0.0133. The van der Waals surface area contributed by atoms with Crippen molar-refractivity contribution in [1.82, 2.24) is 0 Å². The molecule has 0 radical (unpaired) electrons. The standard InChI is InChI=1S/C19H24N2O2/c20-16-9-13(10-17(21)11-16)12-23-19-7-3-15(4-8-19)14-1-5-18(22)6-2-14/h1-2,5-6,9-11,15,19,22H,3-4,7-8,12,20-21H2. The fourth-order valence-electron chi connectivity index (χ4n) is 3.35. The molecule has 0 unspecified atom stereocenters. The molecule has 23 heavy (non-hydrogen) atoms. The molecule has 5 N–H and O–H groups in total. The van der Waals surface area contributed by atoms with Crippen molar-refractivity contribution in [1.29, 1.82) is 0 Å². The summed E-state index contributed by atoms with van der Waals surface area (Å²) < 4.78 is 6.03. The highest BCUT2D eigenvalue weighted by molar-refractivity contribution is 5.54. The summed E-state index contributed by atoms with van der Waals surface area (Å²) in [7, 11) is 0. The Labute approximate surface area is 137 Å². The van der Waals surface area contributed by atoms with E-state index in [-0.39, 0.29) is 0 Å². The molecule has 0 atom stereocenters. The third-order valence-corrected chi connectivity index (χ3v) is 4.56. The minimum absolute atomic E-state index is 0.297. The first-order chi connectivity index (χ1) is 11.1. The zero-order valence-electron chi connectivity index (χ0n) is 13.2. The SMILES string of the molecule is Nc1cc(N)cc(COC2CCC(c3ccc(O)cc3)CC2)c1. The molecule has 0 bridgehead atoms. The van der Waals surface area contributed by atoms with Gasteiger partial charge in [0.25, 0.3) is 0 Å². The summed E-state index contributed by atoms with van der Waals surface area (Å²) in [6.07, 6.45) is 4.65. The van der Waals surface area contributed by atoms with E-state index in [1.165, 1.54) is 5.56 Å². The van der Waals surface area contributed by atoms with Gasteiger partial charge in [-0.1, -0.05) is 12.1 Å². The summed E-state index contributed by atoms with van der Waals surface area (Å²) >= 11 is 0. The normalized spacial score (nSPS) is 21.2. The number of phenolic OH excluding ortho intramolecular Hbond substituents is 1. The number of hydrogen-bond donors (Lipinski definition) is 3. The third-order valence-electron chi connectivity index (χ3n) is 4.56. The van der Waals surface area contributed by atoms with E-state index in [0.717, 1.165) is 31.2 Å². The summed E-state index contributed by atoms with van der Waals surface area (Å²) in [6.45, 7) is 0.559. The molecule has 1 fully saturated rings. The van der Waals surface area contributed by atoms with E-state index in [1.807, 2.05) is 24.3 Å². The van der Waals surface area contributed by atoms with E-state index in [4.69, 9.17) is 16.2 Å². The summed E-state index contributed by atoms with van der Waals surface area (Å²) in [5.41, 5.74) is 15.3. The van der Waals surface area contributed by atoms with Crippen LogP contribution in [0.25, 0.3) is 0 Å². The summed E-state index contributed by atoms with van der Waals surface area (Å²) in [5.74, 6) is 0.894. The average Bonchev–Trinajstić information content (AvgIpc) is 2.53. The molecule has 0 heterocycles. The Morgan fingerprint density at radius 2 is 1.52 bits per heavy atom. The van der Waals surface area contributed by atoms with Crippen LogP contribution in [0.5, 0.6) is 5.75 Å². The molecule has 0 amide bonds. The number of ether oxygens (including phenoxy) is 1. The van der Waals surface area contributed by atoms with Crippen molar-refractivity contribution in [3.05, 3.63) is 53.6 Å². The summed E-state index contributed by atoms with van der Waals surface area (Å²) in [6, 6.07) is 13.2. The fraction of sp³-hybridized carbons (Fsp3) is 0.368. The van der Waals surface area contributed by atoms with Gasteiger partial charge in [-0.25, -0.2) is 0 Å². The first kappa shape index (κ1) is 15.7. The topological polar surface area (TPSA) is 81.5 Å². The summed E-state index contributed by atoms with van der Waals surface area (Å²) in [5, 5.41) is 9.38. The van der Waals surface area contributed by atoms with Crippen molar-refractivity contribution in [3.8, 4) is 5.75 Å². The molecule has 1 aliphatic rings. The van der Waals surface area contributed by atoms with E-state index in [2.05, 4.69) is 0 Å². The zero-order chi connectivity index (χ0) is 16.2. The number of anilines is 2. The van der Waals surface area contributed by atoms with Crippen LogP contribution in [0, 0.1) is 0 Å². The van der Waals surface area contributed by atoms with Gasteiger partial charge in [-0.3, -0.25) is 0 Å². The highest BCUT2D eigenvalue weighted by atomic mass is 16.5. The van der Waals surface area contributed by atoms with Crippen LogP contribution in [0.4, 0.5) is 11.4 Å². The van der Waals surface area contributed by atoms with Gasteiger partial charge in [-0.05, 0) is 73.1 Å². The molecular formula is C19H24N2O2. The fourth-order valence-corrected chi connectivity index (χ4v) is 3.35. The van der Waals surface area contributed by atoms with Crippen LogP contribution in [0.1, 0.15) is 42.7 Å². The van der Waals surface area contributed by atoms with Gasteiger partial charge in [0, 0.05) is 11.4 Å². The van der Waals surface area contributed by atoms with Crippen LogP contribution in [0.3, 0.4) is 0 Å².